The first-order valence-electron chi connectivity index (χ1n) is 7.86. The minimum absolute atomic E-state index is 0.0465. The van der Waals surface area contributed by atoms with E-state index in [1.807, 2.05) is 24.3 Å². The van der Waals surface area contributed by atoms with E-state index in [-0.39, 0.29) is 6.23 Å². The molecule has 1 heterocycles. The Labute approximate surface area is 136 Å². The van der Waals surface area contributed by atoms with Crippen LogP contribution in [0.2, 0.25) is 0 Å². The van der Waals surface area contributed by atoms with Gasteiger partial charge in [0.05, 0.1) is 5.56 Å². The molecule has 3 aromatic rings. The molecule has 3 aromatic carbocycles. The predicted molar refractivity (Wildman–Crippen MR) is 93.5 cm³/mol. The van der Waals surface area contributed by atoms with E-state index >= 15 is 0 Å². The number of hydrogen-bond donors (Lipinski definition) is 0. The summed E-state index contributed by atoms with van der Waals surface area (Å²) in [6.07, 6.45) is 2.13. The van der Waals surface area contributed by atoms with Gasteiger partial charge in [0, 0.05) is 24.6 Å². The molecule has 0 bridgehead atoms. The van der Waals surface area contributed by atoms with Gasteiger partial charge in [-0.2, -0.15) is 4.58 Å². The van der Waals surface area contributed by atoms with Gasteiger partial charge in [0.25, 0.3) is 6.23 Å². The molecule has 0 saturated carbocycles. The van der Waals surface area contributed by atoms with E-state index in [0.717, 1.165) is 22.6 Å². The minimum atomic E-state index is -0.0465. The molecular weight excluding hydrogens is 282 g/mol. The first-order chi connectivity index (χ1) is 11.3. The Hall–Kier alpha value is -2.87. The fraction of sp³-hybridized carbons (Fsp3) is 0.0952. The lowest BCUT2D eigenvalue weighted by atomic mass is 10.0. The molecule has 0 spiro atoms. The minimum Gasteiger partial charge on any atom is -0.432 e. The molecule has 0 radical (unpaired) electrons. The molecule has 0 aliphatic carbocycles. The van der Waals surface area contributed by atoms with Gasteiger partial charge in [0.15, 0.2) is 6.21 Å². The van der Waals surface area contributed by atoms with Crippen molar-refractivity contribution in [1.29, 1.82) is 0 Å². The van der Waals surface area contributed by atoms with Crippen molar-refractivity contribution >= 4 is 11.9 Å². The lowest BCUT2D eigenvalue weighted by Gasteiger charge is -2.22. The highest BCUT2D eigenvalue weighted by molar-refractivity contribution is 5.87. The van der Waals surface area contributed by atoms with Crippen LogP contribution in [0.4, 0.5) is 5.69 Å². The van der Waals surface area contributed by atoms with Crippen LogP contribution in [0.25, 0.3) is 11.1 Å². The van der Waals surface area contributed by atoms with Crippen molar-refractivity contribution in [3.63, 3.8) is 0 Å². The van der Waals surface area contributed by atoms with Gasteiger partial charge in [-0.05, 0) is 11.6 Å². The summed E-state index contributed by atoms with van der Waals surface area (Å²) in [6.45, 7) is 2.08. The molecule has 1 aliphatic rings. The van der Waals surface area contributed by atoms with Gasteiger partial charge in [-0.25, -0.2) is 0 Å². The van der Waals surface area contributed by atoms with Crippen LogP contribution >= 0.6 is 0 Å². The topological polar surface area (TPSA) is 12.2 Å². The molecule has 2 nitrogen and oxygen atoms in total. The van der Waals surface area contributed by atoms with Gasteiger partial charge in [0.1, 0.15) is 5.75 Å². The van der Waals surface area contributed by atoms with Crippen molar-refractivity contribution in [2.45, 2.75) is 13.2 Å². The van der Waals surface area contributed by atoms with E-state index in [1.54, 1.807) is 0 Å². The van der Waals surface area contributed by atoms with Crippen LogP contribution < -0.4 is 4.74 Å². The Balaban J connectivity index is 1.84. The van der Waals surface area contributed by atoms with E-state index in [4.69, 9.17) is 4.74 Å². The van der Waals surface area contributed by atoms with Crippen molar-refractivity contribution in [3.05, 3.63) is 84.4 Å². The molecule has 1 atom stereocenters. The van der Waals surface area contributed by atoms with Crippen LogP contribution in [0.3, 0.4) is 0 Å². The average molecular weight is 300 g/mol. The maximum Gasteiger partial charge on any atom is 0.299 e. The molecule has 112 valence electrons. The molecule has 4 rings (SSSR count). The Morgan fingerprint density at radius 3 is 2.22 bits per heavy atom. The Morgan fingerprint density at radius 1 is 0.783 bits per heavy atom. The third-order valence-corrected chi connectivity index (χ3v) is 4.14. The van der Waals surface area contributed by atoms with Crippen LogP contribution in [-0.4, -0.2) is 17.0 Å². The third kappa shape index (κ3) is 2.53. The summed E-state index contributed by atoms with van der Waals surface area (Å²) in [4.78, 5) is 0. The first kappa shape index (κ1) is 13.8. The highest BCUT2D eigenvalue weighted by Gasteiger charge is 2.28. The lowest BCUT2D eigenvalue weighted by Crippen LogP contribution is -2.30. The van der Waals surface area contributed by atoms with Crippen LogP contribution in [0.1, 0.15) is 12.5 Å². The van der Waals surface area contributed by atoms with Gasteiger partial charge in [-0.3, -0.25) is 0 Å². The maximum atomic E-state index is 6.28. The monoisotopic (exact) mass is 300 g/mol. The van der Waals surface area contributed by atoms with Gasteiger partial charge < -0.3 is 4.74 Å². The smallest absolute Gasteiger partial charge is 0.299 e. The average Bonchev–Trinajstić information content (AvgIpc) is 2.62. The fourth-order valence-corrected chi connectivity index (χ4v) is 3.00. The van der Waals surface area contributed by atoms with E-state index in [0.29, 0.717) is 0 Å². The molecule has 23 heavy (non-hydrogen) atoms. The molecule has 0 saturated heterocycles. The van der Waals surface area contributed by atoms with E-state index in [2.05, 4.69) is 72.3 Å². The summed E-state index contributed by atoms with van der Waals surface area (Å²) in [5.41, 5.74) is 4.56. The normalized spacial score (nSPS) is 16.2. The predicted octanol–water partition coefficient (Wildman–Crippen LogP) is 4.86. The number of benzene rings is 3. The molecule has 1 unspecified atom stereocenters. The molecule has 0 amide bonds. The zero-order chi connectivity index (χ0) is 15.6. The SMILES string of the molecule is CC1Oc2c(cccc2-c2ccccc2)C=[N+]1c1ccccc1. The number of para-hydroxylation sites is 2. The summed E-state index contributed by atoms with van der Waals surface area (Å²) < 4.78 is 8.44. The summed E-state index contributed by atoms with van der Waals surface area (Å²) in [5, 5.41) is 0. The number of nitrogens with zero attached hydrogens (tertiary/aromatic N) is 1. The van der Waals surface area contributed by atoms with E-state index < -0.39 is 0 Å². The number of rotatable bonds is 2. The van der Waals surface area contributed by atoms with Gasteiger partial charge in [-0.1, -0.05) is 60.7 Å². The zero-order valence-electron chi connectivity index (χ0n) is 13.0. The van der Waals surface area contributed by atoms with Crippen molar-refractivity contribution in [3.8, 4) is 16.9 Å². The van der Waals surface area contributed by atoms with Crippen LogP contribution in [0.15, 0.2) is 78.9 Å². The molecule has 0 fully saturated rings. The summed E-state index contributed by atoms with van der Waals surface area (Å²) in [6, 6.07) is 27.0. The van der Waals surface area contributed by atoms with Gasteiger partial charge in [0.2, 0.25) is 5.69 Å². The van der Waals surface area contributed by atoms with Crippen molar-refractivity contribution in [2.75, 3.05) is 0 Å². The van der Waals surface area contributed by atoms with E-state index in [1.165, 1.54) is 5.56 Å². The Kier molecular flexibility index (Phi) is 3.43. The third-order valence-electron chi connectivity index (χ3n) is 4.14. The van der Waals surface area contributed by atoms with Crippen LogP contribution in [0.5, 0.6) is 5.75 Å². The summed E-state index contributed by atoms with van der Waals surface area (Å²) in [5.74, 6) is 0.957. The Morgan fingerprint density at radius 2 is 1.48 bits per heavy atom. The Bertz CT molecular complexity index is 854. The zero-order valence-corrected chi connectivity index (χ0v) is 13.0. The van der Waals surface area contributed by atoms with Gasteiger partial charge in [-0.15, -0.1) is 0 Å². The number of hydrogen-bond acceptors (Lipinski definition) is 1. The highest BCUT2D eigenvalue weighted by atomic mass is 16.5. The second kappa shape index (κ2) is 5.73. The number of ether oxygens (including phenoxy) is 1. The fourth-order valence-electron chi connectivity index (χ4n) is 3.00. The maximum absolute atomic E-state index is 6.28. The lowest BCUT2D eigenvalue weighted by molar-refractivity contribution is -0.522. The molecule has 2 heteroatoms. The highest BCUT2D eigenvalue weighted by Crippen LogP contribution is 2.35. The van der Waals surface area contributed by atoms with Crippen molar-refractivity contribution in [1.82, 2.24) is 0 Å². The first-order valence-corrected chi connectivity index (χ1v) is 7.86. The molecule has 0 aromatic heterocycles. The quantitative estimate of drug-likeness (QED) is 0.616. The van der Waals surface area contributed by atoms with E-state index in [9.17, 15) is 0 Å². The van der Waals surface area contributed by atoms with Crippen molar-refractivity contribution < 1.29 is 9.31 Å². The summed E-state index contributed by atoms with van der Waals surface area (Å²) in [7, 11) is 0. The van der Waals surface area contributed by atoms with Crippen LogP contribution in [-0.2, 0) is 0 Å². The second-order valence-electron chi connectivity index (χ2n) is 5.68. The number of fused-ring (bicyclic) bond motifs is 1. The standard InChI is InChI=1S/C21H18NO/c1-16-22(19-12-6-3-7-13-19)15-18-11-8-14-20(21(18)23-16)17-9-4-2-5-10-17/h2-16H,1H3/q+1. The largest absolute Gasteiger partial charge is 0.432 e. The van der Waals surface area contributed by atoms with Gasteiger partial charge >= 0.3 is 0 Å². The molecule has 1 aliphatic heterocycles. The van der Waals surface area contributed by atoms with Crippen molar-refractivity contribution in [2.24, 2.45) is 0 Å². The molecular formula is C21H18NO+. The molecule has 0 N–H and O–H groups in total. The van der Waals surface area contributed by atoms with Crippen LogP contribution in [0, 0.1) is 0 Å². The summed E-state index contributed by atoms with van der Waals surface area (Å²) >= 11 is 0. The second-order valence-corrected chi connectivity index (χ2v) is 5.68.